The van der Waals surface area contributed by atoms with Crippen LogP contribution in [0.15, 0.2) is 108 Å². The molecule has 0 saturated carbocycles. The fourth-order valence-corrected chi connectivity index (χ4v) is 6.11. The second-order valence-electron chi connectivity index (χ2n) is 12.1. The molecule has 0 fully saturated rings. The van der Waals surface area contributed by atoms with Gasteiger partial charge in [0.05, 0.1) is 10.6 Å². The Morgan fingerprint density at radius 3 is 1.98 bits per heavy atom. The predicted molar refractivity (Wildman–Crippen MR) is 178 cm³/mol. The van der Waals surface area contributed by atoms with Crippen molar-refractivity contribution in [2.75, 3.05) is 10.8 Å². The van der Waals surface area contributed by atoms with Gasteiger partial charge in [-0.05, 0) is 101 Å². The topological polar surface area (TPSA) is 96.0 Å². The van der Waals surface area contributed by atoms with Gasteiger partial charge in [-0.3, -0.25) is 13.9 Å². The Morgan fingerprint density at radius 1 is 0.800 bits per heavy atom. The number of hydrogen-bond donors (Lipinski definition) is 1. The van der Waals surface area contributed by atoms with Gasteiger partial charge in [0.15, 0.2) is 0 Å². The molecule has 9 heteroatoms. The van der Waals surface area contributed by atoms with Crippen molar-refractivity contribution in [3.8, 4) is 11.5 Å². The molecule has 1 atom stereocenters. The lowest BCUT2D eigenvalue weighted by atomic mass is 10.1. The number of benzene rings is 4. The minimum absolute atomic E-state index is 0.0505. The highest BCUT2D eigenvalue weighted by Gasteiger charge is 2.33. The molecular formula is C36H41N3O5S. The van der Waals surface area contributed by atoms with Crippen LogP contribution in [0.25, 0.3) is 0 Å². The molecule has 4 rings (SSSR count). The van der Waals surface area contributed by atoms with E-state index in [1.54, 1.807) is 43.3 Å². The summed E-state index contributed by atoms with van der Waals surface area (Å²) in [6.45, 7) is 10.7. The molecule has 0 aliphatic carbocycles. The SMILES string of the molecule is Cc1ccc(S(=O)(=O)N(CC(=O)N(Cc2ccccc2C)[C@@H](C)C(=O)NC(C)(C)C)c2ccc(Oc3ccccc3)cc2)cc1. The van der Waals surface area contributed by atoms with E-state index in [1.807, 2.05) is 89.2 Å². The molecule has 4 aromatic rings. The highest BCUT2D eigenvalue weighted by molar-refractivity contribution is 7.92. The number of hydrogen-bond acceptors (Lipinski definition) is 5. The van der Waals surface area contributed by atoms with Gasteiger partial charge in [0.1, 0.15) is 24.1 Å². The molecule has 1 N–H and O–H groups in total. The van der Waals surface area contributed by atoms with E-state index in [1.165, 1.54) is 17.0 Å². The third kappa shape index (κ3) is 8.73. The first kappa shape index (κ1) is 33.3. The number of nitrogens with zero attached hydrogens (tertiary/aromatic N) is 2. The van der Waals surface area contributed by atoms with Crippen LogP contribution in [0.3, 0.4) is 0 Å². The minimum Gasteiger partial charge on any atom is -0.457 e. The number of para-hydroxylation sites is 1. The van der Waals surface area contributed by atoms with E-state index in [9.17, 15) is 18.0 Å². The fourth-order valence-electron chi connectivity index (χ4n) is 4.70. The molecule has 0 radical (unpaired) electrons. The molecular weight excluding hydrogens is 586 g/mol. The van der Waals surface area contributed by atoms with E-state index < -0.39 is 34.1 Å². The number of sulfonamides is 1. The van der Waals surface area contributed by atoms with Crippen LogP contribution in [0.4, 0.5) is 5.69 Å². The van der Waals surface area contributed by atoms with E-state index in [0.717, 1.165) is 21.0 Å². The average Bonchev–Trinajstić information content (AvgIpc) is 2.99. The summed E-state index contributed by atoms with van der Waals surface area (Å²) in [5, 5.41) is 2.95. The second kappa shape index (κ2) is 14.0. The average molecular weight is 628 g/mol. The molecule has 0 saturated heterocycles. The standard InChI is InChI=1S/C36H41N3O5S/c1-26-16-22-33(23-17-26)45(42,43)39(30-18-20-32(21-19-30)44-31-14-8-7-9-15-31)25-34(40)38(24-29-13-11-10-12-27(29)2)28(3)35(41)37-36(4,5)6/h7-23,28H,24-25H2,1-6H3,(H,37,41)/t28-/m0/s1. The van der Waals surface area contributed by atoms with Crippen LogP contribution in [-0.4, -0.2) is 43.3 Å². The Kier molecular flexibility index (Phi) is 10.3. The van der Waals surface area contributed by atoms with Gasteiger partial charge in [-0.1, -0.05) is 60.2 Å². The van der Waals surface area contributed by atoms with Crippen molar-refractivity contribution in [3.63, 3.8) is 0 Å². The first-order valence-corrected chi connectivity index (χ1v) is 16.3. The van der Waals surface area contributed by atoms with Crippen LogP contribution in [0.5, 0.6) is 11.5 Å². The number of rotatable bonds is 11. The Hall–Kier alpha value is -4.63. The molecule has 0 aromatic heterocycles. The van der Waals surface area contributed by atoms with E-state index >= 15 is 0 Å². The smallest absolute Gasteiger partial charge is 0.264 e. The summed E-state index contributed by atoms with van der Waals surface area (Å²) in [5.74, 6) is 0.298. The highest BCUT2D eigenvalue weighted by Crippen LogP contribution is 2.29. The largest absolute Gasteiger partial charge is 0.457 e. The van der Waals surface area contributed by atoms with Gasteiger partial charge >= 0.3 is 0 Å². The monoisotopic (exact) mass is 627 g/mol. The Balaban J connectivity index is 1.72. The predicted octanol–water partition coefficient (Wildman–Crippen LogP) is 6.62. The van der Waals surface area contributed by atoms with Crippen molar-refractivity contribution in [2.24, 2.45) is 0 Å². The maximum atomic E-state index is 14.2. The van der Waals surface area contributed by atoms with Gasteiger partial charge in [-0.15, -0.1) is 0 Å². The van der Waals surface area contributed by atoms with Crippen molar-refractivity contribution in [1.29, 1.82) is 0 Å². The number of ether oxygens (including phenoxy) is 1. The molecule has 0 heterocycles. The number of carbonyl (C=O) groups excluding carboxylic acids is 2. The fraction of sp³-hybridized carbons (Fsp3) is 0.278. The van der Waals surface area contributed by atoms with Gasteiger partial charge < -0.3 is 15.0 Å². The lowest BCUT2D eigenvalue weighted by Gasteiger charge is -2.33. The third-order valence-electron chi connectivity index (χ3n) is 7.26. The van der Waals surface area contributed by atoms with Crippen LogP contribution < -0.4 is 14.4 Å². The van der Waals surface area contributed by atoms with Crippen molar-refractivity contribution >= 4 is 27.5 Å². The van der Waals surface area contributed by atoms with E-state index in [0.29, 0.717) is 11.5 Å². The van der Waals surface area contributed by atoms with Crippen LogP contribution in [-0.2, 0) is 26.2 Å². The number of nitrogens with one attached hydrogen (secondary N) is 1. The number of anilines is 1. The van der Waals surface area contributed by atoms with Crippen molar-refractivity contribution in [3.05, 3.63) is 120 Å². The molecule has 4 aromatic carbocycles. The summed E-state index contributed by atoms with van der Waals surface area (Å²) >= 11 is 0. The van der Waals surface area contributed by atoms with Crippen LogP contribution >= 0.6 is 0 Å². The number of amides is 2. The van der Waals surface area contributed by atoms with Gasteiger partial charge in [0.25, 0.3) is 10.0 Å². The number of carbonyl (C=O) groups is 2. The molecule has 0 bridgehead atoms. The second-order valence-corrected chi connectivity index (χ2v) is 14.0. The maximum Gasteiger partial charge on any atom is 0.264 e. The Morgan fingerprint density at radius 2 is 1.38 bits per heavy atom. The Labute approximate surface area is 266 Å². The molecule has 8 nitrogen and oxygen atoms in total. The zero-order valence-corrected chi connectivity index (χ0v) is 27.5. The minimum atomic E-state index is -4.18. The van der Waals surface area contributed by atoms with Gasteiger partial charge in [-0.25, -0.2) is 8.42 Å². The maximum absolute atomic E-state index is 14.2. The summed E-state index contributed by atoms with van der Waals surface area (Å²) in [5.41, 5.74) is 2.48. The Bertz CT molecular complexity index is 1720. The first-order chi connectivity index (χ1) is 21.2. The van der Waals surface area contributed by atoms with E-state index in [4.69, 9.17) is 4.74 Å². The normalized spacial score (nSPS) is 12.2. The molecule has 0 spiro atoms. The molecule has 236 valence electrons. The van der Waals surface area contributed by atoms with E-state index in [2.05, 4.69) is 5.32 Å². The quantitative estimate of drug-likeness (QED) is 0.202. The van der Waals surface area contributed by atoms with Crippen LogP contribution in [0.2, 0.25) is 0 Å². The van der Waals surface area contributed by atoms with Crippen LogP contribution in [0, 0.1) is 13.8 Å². The molecule has 45 heavy (non-hydrogen) atoms. The summed E-state index contributed by atoms with van der Waals surface area (Å²) in [6, 6.07) is 29.0. The molecule has 0 aliphatic rings. The first-order valence-electron chi connectivity index (χ1n) is 14.8. The lowest BCUT2D eigenvalue weighted by Crippen LogP contribution is -2.54. The summed E-state index contributed by atoms with van der Waals surface area (Å²) in [4.78, 5) is 29.0. The highest BCUT2D eigenvalue weighted by atomic mass is 32.2. The number of aryl methyl sites for hydroxylation is 2. The summed E-state index contributed by atoms with van der Waals surface area (Å²) < 4.78 is 35.2. The van der Waals surface area contributed by atoms with Crippen LogP contribution in [0.1, 0.15) is 44.4 Å². The van der Waals surface area contributed by atoms with Crippen molar-refractivity contribution < 1.29 is 22.7 Å². The van der Waals surface area contributed by atoms with Crippen molar-refractivity contribution in [2.45, 2.75) is 64.6 Å². The van der Waals surface area contributed by atoms with Crippen molar-refractivity contribution in [1.82, 2.24) is 10.2 Å². The third-order valence-corrected chi connectivity index (χ3v) is 9.05. The van der Waals surface area contributed by atoms with Gasteiger partial charge in [0, 0.05) is 12.1 Å². The summed E-state index contributed by atoms with van der Waals surface area (Å²) in [7, 11) is -4.18. The zero-order valence-electron chi connectivity index (χ0n) is 26.7. The zero-order chi connectivity index (χ0) is 32.8. The lowest BCUT2D eigenvalue weighted by molar-refractivity contribution is -0.140. The molecule has 0 aliphatic heterocycles. The summed E-state index contributed by atoms with van der Waals surface area (Å²) in [6.07, 6.45) is 0. The van der Waals surface area contributed by atoms with Gasteiger partial charge in [-0.2, -0.15) is 0 Å². The van der Waals surface area contributed by atoms with Gasteiger partial charge in [0.2, 0.25) is 11.8 Å². The molecule has 0 unspecified atom stereocenters. The van der Waals surface area contributed by atoms with E-state index in [-0.39, 0.29) is 23.0 Å². The molecule has 2 amide bonds.